The summed E-state index contributed by atoms with van der Waals surface area (Å²) in [7, 11) is -1.87. The van der Waals surface area contributed by atoms with Gasteiger partial charge in [-0.05, 0) is 36.8 Å². The molecule has 0 radical (unpaired) electrons. The maximum Gasteiger partial charge on any atom is 0.270 e. The number of aromatic nitrogens is 2. The van der Waals surface area contributed by atoms with Crippen molar-refractivity contribution in [3.63, 3.8) is 0 Å². The number of hydrogen-bond acceptors (Lipinski definition) is 6. The van der Waals surface area contributed by atoms with Crippen LogP contribution >= 0.6 is 0 Å². The molecule has 1 aromatic heterocycles. The highest BCUT2D eigenvalue weighted by atomic mass is 32.2. The van der Waals surface area contributed by atoms with Gasteiger partial charge in [-0.1, -0.05) is 0 Å². The maximum absolute atomic E-state index is 14.5. The minimum atomic E-state index is -4.69. The third-order valence-corrected chi connectivity index (χ3v) is 6.16. The summed E-state index contributed by atoms with van der Waals surface area (Å²) in [5.41, 5.74) is 0.297. The second-order valence-corrected chi connectivity index (χ2v) is 8.25. The van der Waals surface area contributed by atoms with Gasteiger partial charge in [-0.25, -0.2) is 35.9 Å². The number of nitrogens with zero attached hydrogens (tertiary/aromatic N) is 3. The molecule has 11 heteroatoms. The number of anilines is 1. The van der Waals surface area contributed by atoms with E-state index in [-0.39, 0.29) is 11.3 Å². The van der Waals surface area contributed by atoms with Crippen LogP contribution in [0.25, 0.3) is 0 Å². The third kappa shape index (κ3) is 4.55. The molecule has 3 aromatic rings. The highest BCUT2D eigenvalue weighted by Crippen LogP contribution is 2.31. The number of rotatable bonds is 7. The van der Waals surface area contributed by atoms with Gasteiger partial charge < -0.3 is 9.47 Å². The maximum atomic E-state index is 14.5. The van der Waals surface area contributed by atoms with Crippen molar-refractivity contribution in [1.29, 1.82) is 0 Å². The molecular formula is C20H18F3N3O4S. The molecule has 0 unspecified atom stereocenters. The zero-order chi connectivity index (χ0) is 22.8. The Kier molecular flexibility index (Phi) is 6.34. The SMILES string of the molecule is COc1ccc(CN(c2ncc(F)cn2)S(=O)(=O)c2cc(F)c(C)cc2F)c(OC)c1. The molecule has 3 rings (SSSR count). The summed E-state index contributed by atoms with van der Waals surface area (Å²) in [4.78, 5) is 6.50. The van der Waals surface area contributed by atoms with Crippen molar-refractivity contribution in [3.05, 3.63) is 71.3 Å². The Labute approximate surface area is 177 Å². The van der Waals surface area contributed by atoms with E-state index >= 15 is 0 Å². The van der Waals surface area contributed by atoms with Gasteiger partial charge in [-0.2, -0.15) is 0 Å². The van der Waals surface area contributed by atoms with Gasteiger partial charge in [0.25, 0.3) is 10.0 Å². The van der Waals surface area contributed by atoms with Gasteiger partial charge in [0.2, 0.25) is 5.95 Å². The van der Waals surface area contributed by atoms with Crippen LogP contribution in [0.15, 0.2) is 47.6 Å². The van der Waals surface area contributed by atoms with E-state index in [1.165, 1.54) is 33.3 Å². The van der Waals surface area contributed by atoms with Crippen molar-refractivity contribution in [1.82, 2.24) is 9.97 Å². The van der Waals surface area contributed by atoms with Crippen LogP contribution in [0.2, 0.25) is 0 Å². The summed E-state index contributed by atoms with van der Waals surface area (Å²) in [6.07, 6.45) is 1.53. The zero-order valence-corrected chi connectivity index (χ0v) is 17.6. The van der Waals surface area contributed by atoms with Gasteiger partial charge in [-0.3, -0.25) is 0 Å². The number of aryl methyl sites for hydroxylation is 1. The normalized spacial score (nSPS) is 11.3. The molecule has 0 saturated heterocycles. The van der Waals surface area contributed by atoms with Gasteiger partial charge in [0, 0.05) is 11.6 Å². The molecule has 7 nitrogen and oxygen atoms in total. The van der Waals surface area contributed by atoms with Gasteiger partial charge >= 0.3 is 0 Å². The van der Waals surface area contributed by atoms with Crippen molar-refractivity contribution in [3.8, 4) is 11.5 Å². The second-order valence-electron chi connectivity index (χ2n) is 6.42. The van der Waals surface area contributed by atoms with Crippen LogP contribution < -0.4 is 13.8 Å². The van der Waals surface area contributed by atoms with E-state index in [0.29, 0.717) is 21.7 Å². The lowest BCUT2D eigenvalue weighted by Gasteiger charge is -2.24. The Morgan fingerprint density at radius 1 is 0.968 bits per heavy atom. The summed E-state index contributed by atoms with van der Waals surface area (Å²) in [5.74, 6) is -2.54. The van der Waals surface area contributed by atoms with E-state index in [2.05, 4.69) is 9.97 Å². The van der Waals surface area contributed by atoms with E-state index in [4.69, 9.17) is 9.47 Å². The Morgan fingerprint density at radius 2 is 1.65 bits per heavy atom. The average Bonchev–Trinajstić information content (AvgIpc) is 2.75. The molecule has 0 saturated carbocycles. The fraction of sp³-hybridized carbons (Fsp3) is 0.200. The first-order valence-corrected chi connectivity index (χ1v) is 10.3. The Bertz CT molecular complexity index is 1210. The van der Waals surface area contributed by atoms with Crippen LogP contribution in [-0.2, 0) is 16.6 Å². The predicted molar refractivity (Wildman–Crippen MR) is 106 cm³/mol. The van der Waals surface area contributed by atoms with Crippen molar-refractivity contribution in [2.75, 3.05) is 18.5 Å². The molecule has 0 atom stereocenters. The summed E-state index contributed by atoms with van der Waals surface area (Å²) in [6.45, 7) is 0.897. The quantitative estimate of drug-likeness (QED) is 0.544. The Balaban J connectivity index is 2.16. The zero-order valence-electron chi connectivity index (χ0n) is 16.8. The molecule has 0 fully saturated rings. The van der Waals surface area contributed by atoms with Crippen LogP contribution in [0.4, 0.5) is 19.1 Å². The topological polar surface area (TPSA) is 81.6 Å². The van der Waals surface area contributed by atoms with Crippen LogP contribution in [-0.4, -0.2) is 32.6 Å². The molecule has 0 N–H and O–H groups in total. The minimum Gasteiger partial charge on any atom is -0.497 e. The molecule has 1 heterocycles. The summed E-state index contributed by atoms with van der Waals surface area (Å²) in [5, 5.41) is 0. The number of hydrogen-bond donors (Lipinski definition) is 0. The first-order chi connectivity index (χ1) is 14.7. The third-order valence-electron chi connectivity index (χ3n) is 4.42. The number of methoxy groups -OCH3 is 2. The standard InChI is InChI=1S/C20H18F3N3O4S/c1-12-6-17(23)19(8-16(12)22)31(27,28)26(20-24-9-14(21)10-25-20)11-13-4-5-15(29-2)7-18(13)30-3/h4-10H,11H2,1-3H3. The molecule has 31 heavy (non-hydrogen) atoms. The van der Waals surface area contributed by atoms with Gasteiger partial charge in [0.15, 0.2) is 5.82 Å². The monoisotopic (exact) mass is 453 g/mol. The fourth-order valence-corrected chi connectivity index (χ4v) is 4.19. The van der Waals surface area contributed by atoms with Crippen molar-refractivity contribution in [2.45, 2.75) is 18.4 Å². The van der Waals surface area contributed by atoms with Crippen LogP contribution in [0.3, 0.4) is 0 Å². The van der Waals surface area contributed by atoms with Crippen LogP contribution in [0.1, 0.15) is 11.1 Å². The fourth-order valence-electron chi connectivity index (χ4n) is 2.78. The molecule has 0 aliphatic heterocycles. The first-order valence-electron chi connectivity index (χ1n) is 8.84. The van der Waals surface area contributed by atoms with Crippen molar-refractivity contribution >= 4 is 16.0 Å². The highest BCUT2D eigenvalue weighted by molar-refractivity contribution is 7.92. The average molecular weight is 453 g/mol. The molecular weight excluding hydrogens is 435 g/mol. The summed E-state index contributed by atoms with van der Waals surface area (Å²) < 4.78 is 79.6. The number of benzene rings is 2. The minimum absolute atomic E-state index is 0.0575. The number of ether oxygens (including phenoxy) is 2. The van der Waals surface area contributed by atoms with E-state index in [1.807, 2.05) is 0 Å². The molecule has 0 amide bonds. The van der Waals surface area contributed by atoms with E-state index in [0.717, 1.165) is 18.5 Å². The Hall–Kier alpha value is -3.34. The number of halogens is 3. The summed E-state index contributed by atoms with van der Waals surface area (Å²) >= 11 is 0. The van der Waals surface area contributed by atoms with Crippen LogP contribution in [0.5, 0.6) is 11.5 Å². The second kappa shape index (κ2) is 8.80. The molecule has 0 aliphatic carbocycles. The summed E-state index contributed by atoms with van der Waals surface area (Å²) in [6, 6.07) is 6.00. The molecule has 0 bridgehead atoms. The van der Waals surface area contributed by atoms with Gasteiger partial charge in [0.05, 0.1) is 33.2 Å². The molecule has 2 aromatic carbocycles. The van der Waals surface area contributed by atoms with Gasteiger partial charge in [0.1, 0.15) is 28.0 Å². The van der Waals surface area contributed by atoms with E-state index < -0.39 is 44.9 Å². The lowest BCUT2D eigenvalue weighted by atomic mass is 10.2. The van der Waals surface area contributed by atoms with Crippen molar-refractivity contribution in [2.24, 2.45) is 0 Å². The first kappa shape index (κ1) is 22.3. The molecule has 0 aliphatic rings. The van der Waals surface area contributed by atoms with Crippen LogP contribution in [0, 0.1) is 24.4 Å². The highest BCUT2D eigenvalue weighted by Gasteiger charge is 2.32. The Morgan fingerprint density at radius 3 is 2.26 bits per heavy atom. The molecule has 0 spiro atoms. The largest absolute Gasteiger partial charge is 0.497 e. The lowest BCUT2D eigenvalue weighted by Crippen LogP contribution is -2.33. The van der Waals surface area contributed by atoms with E-state index in [1.54, 1.807) is 6.07 Å². The number of sulfonamides is 1. The smallest absolute Gasteiger partial charge is 0.270 e. The lowest BCUT2D eigenvalue weighted by molar-refractivity contribution is 0.391. The predicted octanol–water partition coefficient (Wildman–Crippen LogP) is 3.62. The van der Waals surface area contributed by atoms with E-state index in [9.17, 15) is 21.6 Å². The van der Waals surface area contributed by atoms with Gasteiger partial charge in [-0.15, -0.1) is 0 Å². The molecule has 164 valence electrons. The van der Waals surface area contributed by atoms with Crippen molar-refractivity contribution < 1.29 is 31.1 Å².